The number of carbonyl (C=O) groups excluding carboxylic acids is 1. The summed E-state index contributed by atoms with van der Waals surface area (Å²) in [5.74, 6) is -0.150. The highest BCUT2D eigenvalue weighted by Crippen LogP contribution is 2.42. The largest absolute Gasteiger partial charge is 0.487 e. The van der Waals surface area contributed by atoms with E-state index in [1.807, 2.05) is 18.9 Å². The number of halogens is 2. The van der Waals surface area contributed by atoms with Crippen molar-refractivity contribution in [1.82, 2.24) is 9.47 Å². The molecule has 0 N–H and O–H groups in total. The second-order valence-electron chi connectivity index (χ2n) is 6.94. The number of nitrogens with zero attached hydrogens (tertiary/aromatic N) is 3. The van der Waals surface area contributed by atoms with E-state index < -0.39 is 16.5 Å². The van der Waals surface area contributed by atoms with Crippen LogP contribution in [0.1, 0.15) is 23.3 Å². The summed E-state index contributed by atoms with van der Waals surface area (Å²) in [5.41, 5.74) is 0.186. The van der Waals surface area contributed by atoms with Gasteiger partial charge >= 0.3 is 0 Å². The van der Waals surface area contributed by atoms with E-state index in [1.54, 1.807) is 4.57 Å². The molecule has 0 spiro atoms. The van der Waals surface area contributed by atoms with Crippen LogP contribution in [0.25, 0.3) is 10.9 Å². The maximum absolute atomic E-state index is 15.0. The minimum Gasteiger partial charge on any atom is -0.487 e. The van der Waals surface area contributed by atoms with Crippen LogP contribution in [0.4, 0.5) is 10.1 Å². The molecule has 6 nitrogen and oxygen atoms in total. The third-order valence-electron chi connectivity index (χ3n) is 5.17. The Labute approximate surface area is 154 Å². The lowest BCUT2D eigenvalue weighted by Gasteiger charge is -2.37. The molecule has 2 aromatic rings. The topological polar surface area (TPSA) is 54.8 Å². The van der Waals surface area contributed by atoms with E-state index in [0.29, 0.717) is 36.6 Å². The third kappa shape index (κ3) is 2.57. The first kappa shape index (κ1) is 17.3. The van der Waals surface area contributed by atoms with Crippen LogP contribution in [-0.4, -0.2) is 54.5 Å². The first-order valence-electron chi connectivity index (χ1n) is 8.56. The van der Waals surface area contributed by atoms with Crippen LogP contribution >= 0.6 is 11.6 Å². The fourth-order valence-electron chi connectivity index (χ4n) is 3.68. The normalized spacial score (nSPS) is 20.3. The molecule has 0 unspecified atom stereocenters. The number of carbonyl (C=O) groups is 1. The molecule has 0 aliphatic carbocycles. The van der Waals surface area contributed by atoms with Crippen LogP contribution in [0.2, 0.25) is 0 Å². The molecule has 1 aromatic heterocycles. The summed E-state index contributed by atoms with van der Waals surface area (Å²) >= 11 is 5.56. The Balaban J connectivity index is 2.00. The highest BCUT2D eigenvalue weighted by Gasteiger charge is 2.30. The van der Waals surface area contributed by atoms with Gasteiger partial charge in [-0.25, -0.2) is 4.39 Å². The molecule has 0 radical (unpaired) electrons. The summed E-state index contributed by atoms with van der Waals surface area (Å²) in [7, 11) is 2.03. The van der Waals surface area contributed by atoms with Crippen LogP contribution in [0.5, 0.6) is 5.75 Å². The van der Waals surface area contributed by atoms with Crippen LogP contribution in [0, 0.1) is 5.82 Å². The van der Waals surface area contributed by atoms with Crippen LogP contribution in [0.15, 0.2) is 17.1 Å². The summed E-state index contributed by atoms with van der Waals surface area (Å²) in [6, 6.07) is 1.10. The number of rotatable bonds is 2. The zero-order valence-corrected chi connectivity index (χ0v) is 15.3. The molecule has 4 rings (SSSR count). The number of aromatic nitrogens is 1. The van der Waals surface area contributed by atoms with Crippen molar-refractivity contribution < 1.29 is 13.9 Å². The maximum atomic E-state index is 15.0. The molecular weight excluding hydrogens is 361 g/mol. The summed E-state index contributed by atoms with van der Waals surface area (Å²) < 4.78 is 22.7. The monoisotopic (exact) mass is 379 g/mol. The second-order valence-corrected chi connectivity index (χ2v) is 7.28. The molecule has 1 aromatic carbocycles. The van der Waals surface area contributed by atoms with Crippen molar-refractivity contribution in [1.29, 1.82) is 0 Å². The van der Waals surface area contributed by atoms with Gasteiger partial charge in [0.1, 0.15) is 12.3 Å². The van der Waals surface area contributed by atoms with Crippen LogP contribution < -0.4 is 15.1 Å². The predicted octanol–water partition coefficient (Wildman–Crippen LogP) is 2.22. The predicted molar refractivity (Wildman–Crippen MR) is 98.3 cm³/mol. The minimum atomic E-state index is -0.843. The van der Waals surface area contributed by atoms with Crippen molar-refractivity contribution in [2.24, 2.45) is 0 Å². The van der Waals surface area contributed by atoms with Crippen molar-refractivity contribution in [2.75, 3.05) is 44.7 Å². The van der Waals surface area contributed by atoms with Gasteiger partial charge in [-0.3, -0.25) is 9.59 Å². The molecule has 0 bridgehead atoms. The van der Waals surface area contributed by atoms with Gasteiger partial charge in [-0.2, -0.15) is 0 Å². The third-order valence-corrected chi connectivity index (χ3v) is 5.38. The summed E-state index contributed by atoms with van der Waals surface area (Å²) in [5, 5.41) is -0.724. The van der Waals surface area contributed by atoms with Gasteiger partial charge in [0, 0.05) is 32.4 Å². The summed E-state index contributed by atoms with van der Waals surface area (Å²) in [6.45, 7) is 5.22. The van der Waals surface area contributed by atoms with E-state index in [-0.39, 0.29) is 17.0 Å². The lowest BCUT2D eigenvalue weighted by molar-refractivity contribution is 0.107. The number of hydrogen-bond donors (Lipinski definition) is 0. The number of piperazine rings is 1. The first-order chi connectivity index (χ1) is 12.4. The van der Waals surface area contributed by atoms with Crippen molar-refractivity contribution >= 4 is 33.4 Å². The molecule has 2 aliphatic rings. The van der Waals surface area contributed by atoms with E-state index in [4.69, 9.17) is 16.3 Å². The van der Waals surface area contributed by atoms with Crippen molar-refractivity contribution in [3.05, 3.63) is 33.9 Å². The molecule has 1 fully saturated rings. The molecular formula is C18H19ClFN3O3. The molecule has 26 heavy (non-hydrogen) atoms. The smallest absolute Gasteiger partial charge is 0.257 e. The Hall–Kier alpha value is -2.12. The number of pyridine rings is 1. The Morgan fingerprint density at radius 1 is 1.31 bits per heavy atom. The van der Waals surface area contributed by atoms with E-state index in [1.165, 1.54) is 12.3 Å². The highest BCUT2D eigenvalue weighted by molar-refractivity contribution is 6.67. The Morgan fingerprint density at radius 3 is 2.65 bits per heavy atom. The molecule has 138 valence electrons. The van der Waals surface area contributed by atoms with Crippen LogP contribution in [0.3, 0.4) is 0 Å². The van der Waals surface area contributed by atoms with E-state index in [2.05, 4.69) is 4.90 Å². The van der Waals surface area contributed by atoms with Crippen LogP contribution in [-0.2, 0) is 0 Å². The van der Waals surface area contributed by atoms with Crippen molar-refractivity contribution in [3.8, 4) is 5.75 Å². The molecule has 0 amide bonds. The quantitative estimate of drug-likeness (QED) is 0.749. The Bertz CT molecular complexity index is 967. The zero-order valence-electron chi connectivity index (χ0n) is 14.6. The van der Waals surface area contributed by atoms with Gasteiger partial charge in [0.25, 0.3) is 5.24 Å². The zero-order chi connectivity index (χ0) is 18.6. The molecule has 1 saturated heterocycles. The molecule has 0 saturated carbocycles. The lowest BCUT2D eigenvalue weighted by atomic mass is 10.1. The number of hydrogen-bond acceptors (Lipinski definition) is 5. The lowest BCUT2D eigenvalue weighted by Crippen LogP contribution is -2.45. The van der Waals surface area contributed by atoms with E-state index in [0.717, 1.165) is 13.1 Å². The minimum absolute atomic E-state index is 0.105. The van der Waals surface area contributed by atoms with Gasteiger partial charge in [0.05, 0.1) is 22.5 Å². The summed E-state index contributed by atoms with van der Waals surface area (Å²) in [4.78, 5) is 28.4. The van der Waals surface area contributed by atoms with Gasteiger partial charge in [-0.15, -0.1) is 0 Å². The van der Waals surface area contributed by atoms with Crippen molar-refractivity contribution in [3.63, 3.8) is 0 Å². The summed E-state index contributed by atoms with van der Waals surface area (Å²) in [6.07, 6.45) is 1.46. The standard InChI is InChI=1S/C18H19ClFN3O3/c1-10-9-26-17-14-11(16(24)12(18(19)25)8-23(10)14)7-13(20)15(17)22-5-3-21(2)4-6-22/h7-8,10H,3-6,9H2,1-2H3/t10-/m1/s1. The number of benzene rings is 1. The SMILES string of the molecule is C[C@@H]1COc2c(N3CCN(C)CC3)c(F)cc3c(=O)c(C(=O)Cl)cn1c23. The first-order valence-corrected chi connectivity index (χ1v) is 8.93. The van der Waals surface area contributed by atoms with Gasteiger partial charge < -0.3 is 19.1 Å². The number of anilines is 1. The Morgan fingerprint density at radius 2 is 2.00 bits per heavy atom. The van der Waals surface area contributed by atoms with Crippen molar-refractivity contribution in [2.45, 2.75) is 13.0 Å². The molecule has 3 heterocycles. The van der Waals surface area contributed by atoms with E-state index >= 15 is 4.39 Å². The fourth-order valence-corrected chi connectivity index (χ4v) is 3.81. The van der Waals surface area contributed by atoms with Gasteiger partial charge in [-0.1, -0.05) is 0 Å². The molecule has 2 aliphatic heterocycles. The highest BCUT2D eigenvalue weighted by atomic mass is 35.5. The maximum Gasteiger partial charge on any atom is 0.257 e. The second kappa shape index (κ2) is 6.25. The number of likely N-dealkylation sites (N-methyl/N-ethyl adjacent to an activating group) is 1. The van der Waals surface area contributed by atoms with Gasteiger partial charge in [0.15, 0.2) is 11.6 Å². The van der Waals surface area contributed by atoms with Gasteiger partial charge in [-0.05, 0) is 31.6 Å². The molecule has 1 atom stereocenters. The molecule has 8 heteroatoms. The fraction of sp³-hybridized carbons (Fsp3) is 0.444. The van der Waals surface area contributed by atoms with Gasteiger partial charge in [0.2, 0.25) is 5.43 Å². The average Bonchev–Trinajstić information content (AvgIpc) is 2.60. The average molecular weight is 380 g/mol. The Kier molecular flexibility index (Phi) is 4.16. The number of ether oxygens (including phenoxy) is 1. The van der Waals surface area contributed by atoms with E-state index in [9.17, 15) is 9.59 Å².